The number of nitrogens with one attached hydrogen (secondary N) is 3. The van der Waals surface area contributed by atoms with Gasteiger partial charge in [0.05, 0.1) is 30.7 Å². The molecule has 0 bridgehead atoms. The lowest BCUT2D eigenvalue weighted by Gasteiger charge is -2.14. The summed E-state index contributed by atoms with van der Waals surface area (Å²) in [4.78, 5) is 36.0. The van der Waals surface area contributed by atoms with E-state index < -0.39 is 11.8 Å². The molecule has 0 aliphatic rings. The monoisotopic (exact) mass is 512 g/mol. The first-order chi connectivity index (χ1) is 17.4. The highest BCUT2D eigenvalue weighted by Crippen LogP contribution is 2.36. The third kappa shape index (κ3) is 7.88. The fourth-order valence-corrected chi connectivity index (χ4v) is 3.19. The summed E-state index contributed by atoms with van der Waals surface area (Å²) in [7, 11) is 0. The van der Waals surface area contributed by atoms with E-state index in [9.17, 15) is 14.4 Å². The molecule has 0 unspecified atom stereocenters. The number of anilines is 1. The fraction of sp³-hybridized carbons (Fsp3) is 0.200. The number of hydrazone groups is 1. The van der Waals surface area contributed by atoms with Crippen LogP contribution in [0.5, 0.6) is 11.5 Å². The van der Waals surface area contributed by atoms with Gasteiger partial charge in [-0.2, -0.15) is 5.10 Å². The van der Waals surface area contributed by atoms with Crippen molar-refractivity contribution in [2.75, 3.05) is 18.5 Å². The minimum Gasteiger partial charge on any atom is -0.490 e. The van der Waals surface area contributed by atoms with Gasteiger partial charge in [-0.3, -0.25) is 14.4 Å². The zero-order chi connectivity index (χ0) is 25.9. The van der Waals surface area contributed by atoms with E-state index in [0.29, 0.717) is 23.6 Å². The molecule has 1 heterocycles. The second-order valence-corrected chi connectivity index (χ2v) is 7.83. The molecule has 0 aliphatic carbocycles. The van der Waals surface area contributed by atoms with Gasteiger partial charge >= 0.3 is 11.8 Å². The number of hydrogen-bond acceptors (Lipinski definition) is 7. The topological polar surface area (TPSA) is 131 Å². The van der Waals surface area contributed by atoms with E-state index in [4.69, 9.17) is 25.5 Å². The normalized spacial score (nSPS) is 10.6. The lowest BCUT2D eigenvalue weighted by atomic mass is 10.2. The number of hydrogen-bond donors (Lipinski definition) is 3. The van der Waals surface area contributed by atoms with Gasteiger partial charge in [-0.1, -0.05) is 29.3 Å². The SMILES string of the molecule is CCOc1cc(/C=N\NC(=O)C(=O)NCc2ccco2)cc(Cl)c1OCC(=O)Nc1ccc(C)cc1. The summed E-state index contributed by atoms with van der Waals surface area (Å²) in [6, 6.07) is 13.8. The minimum atomic E-state index is -0.950. The Hall–Kier alpha value is -4.31. The predicted octanol–water partition coefficient (Wildman–Crippen LogP) is 3.42. The third-order valence-electron chi connectivity index (χ3n) is 4.60. The molecule has 3 aromatic rings. The molecule has 0 atom stereocenters. The molecule has 0 saturated heterocycles. The maximum Gasteiger partial charge on any atom is 0.329 e. The molecule has 0 aliphatic heterocycles. The van der Waals surface area contributed by atoms with Crippen LogP contribution in [0.2, 0.25) is 5.02 Å². The minimum absolute atomic E-state index is 0.0702. The van der Waals surface area contributed by atoms with Crippen molar-refractivity contribution in [3.63, 3.8) is 0 Å². The van der Waals surface area contributed by atoms with Crippen molar-refractivity contribution in [1.82, 2.24) is 10.7 Å². The van der Waals surface area contributed by atoms with Crippen LogP contribution in [0, 0.1) is 6.92 Å². The molecule has 3 rings (SSSR count). The van der Waals surface area contributed by atoms with Crippen molar-refractivity contribution in [2.24, 2.45) is 5.10 Å². The average Bonchev–Trinajstić information content (AvgIpc) is 3.37. The number of carbonyl (C=O) groups is 3. The first kappa shape index (κ1) is 26.3. The van der Waals surface area contributed by atoms with Crippen molar-refractivity contribution in [2.45, 2.75) is 20.4 Å². The van der Waals surface area contributed by atoms with Gasteiger partial charge in [-0.15, -0.1) is 0 Å². The summed E-state index contributed by atoms with van der Waals surface area (Å²) in [6.07, 6.45) is 2.75. The van der Waals surface area contributed by atoms with Crippen LogP contribution < -0.4 is 25.5 Å². The van der Waals surface area contributed by atoms with E-state index in [1.807, 2.05) is 19.1 Å². The molecular weight excluding hydrogens is 488 g/mol. The number of nitrogens with zero attached hydrogens (tertiary/aromatic N) is 1. The highest BCUT2D eigenvalue weighted by atomic mass is 35.5. The maximum atomic E-state index is 12.3. The number of carbonyl (C=O) groups excluding carboxylic acids is 3. The molecule has 3 N–H and O–H groups in total. The Morgan fingerprint density at radius 2 is 1.86 bits per heavy atom. The molecule has 2 aromatic carbocycles. The Balaban J connectivity index is 1.57. The molecular formula is C25H25ClN4O6. The van der Waals surface area contributed by atoms with Gasteiger partial charge in [0, 0.05) is 5.69 Å². The summed E-state index contributed by atoms with van der Waals surface area (Å²) < 4.78 is 16.3. The number of amides is 3. The zero-order valence-electron chi connectivity index (χ0n) is 19.7. The summed E-state index contributed by atoms with van der Waals surface area (Å²) in [5.74, 6) is -1.20. The number of furan rings is 1. The number of aryl methyl sites for hydroxylation is 1. The van der Waals surface area contributed by atoms with Gasteiger partial charge in [-0.05, 0) is 55.8 Å². The number of benzene rings is 2. The molecule has 0 radical (unpaired) electrons. The number of ether oxygens (including phenoxy) is 2. The van der Waals surface area contributed by atoms with Crippen LogP contribution in [0.4, 0.5) is 5.69 Å². The molecule has 3 amide bonds. The third-order valence-corrected chi connectivity index (χ3v) is 4.88. The van der Waals surface area contributed by atoms with Gasteiger partial charge in [-0.25, -0.2) is 5.43 Å². The van der Waals surface area contributed by atoms with Crippen molar-refractivity contribution < 1.29 is 28.3 Å². The Morgan fingerprint density at radius 1 is 1.08 bits per heavy atom. The van der Waals surface area contributed by atoms with Crippen LogP contribution in [0.15, 0.2) is 64.3 Å². The summed E-state index contributed by atoms with van der Waals surface area (Å²) >= 11 is 6.35. The Morgan fingerprint density at radius 3 is 2.56 bits per heavy atom. The highest BCUT2D eigenvalue weighted by Gasteiger charge is 2.15. The fourth-order valence-electron chi connectivity index (χ4n) is 2.91. The molecule has 1 aromatic heterocycles. The van der Waals surface area contributed by atoms with Crippen molar-refractivity contribution >= 4 is 41.2 Å². The van der Waals surface area contributed by atoms with Gasteiger partial charge in [0.25, 0.3) is 5.91 Å². The second-order valence-electron chi connectivity index (χ2n) is 7.43. The van der Waals surface area contributed by atoms with Crippen molar-refractivity contribution in [3.8, 4) is 11.5 Å². The van der Waals surface area contributed by atoms with Crippen LogP contribution in [0.1, 0.15) is 23.8 Å². The lowest BCUT2D eigenvalue weighted by Crippen LogP contribution is -2.37. The van der Waals surface area contributed by atoms with Gasteiger partial charge in [0.2, 0.25) is 0 Å². The summed E-state index contributed by atoms with van der Waals surface area (Å²) in [5, 5.41) is 9.10. The molecule has 11 heteroatoms. The largest absolute Gasteiger partial charge is 0.490 e. The van der Waals surface area contributed by atoms with E-state index in [-0.39, 0.29) is 35.6 Å². The smallest absolute Gasteiger partial charge is 0.329 e. The highest BCUT2D eigenvalue weighted by molar-refractivity contribution is 6.35. The van der Waals surface area contributed by atoms with Crippen LogP contribution in [0.3, 0.4) is 0 Å². The van der Waals surface area contributed by atoms with Crippen molar-refractivity contribution in [1.29, 1.82) is 0 Å². The van der Waals surface area contributed by atoms with Crippen LogP contribution in [-0.4, -0.2) is 37.1 Å². The van der Waals surface area contributed by atoms with E-state index in [1.165, 1.54) is 18.5 Å². The summed E-state index contributed by atoms with van der Waals surface area (Å²) in [5.41, 5.74) is 4.33. The first-order valence-electron chi connectivity index (χ1n) is 10.9. The molecule has 36 heavy (non-hydrogen) atoms. The van der Waals surface area contributed by atoms with E-state index in [0.717, 1.165) is 5.56 Å². The standard InChI is InChI=1S/C25H25ClN4O6/c1-3-34-21-12-17(13-28-30-25(33)24(32)27-14-19-5-4-10-35-19)11-20(26)23(21)36-15-22(31)29-18-8-6-16(2)7-9-18/h4-13H,3,14-15H2,1-2H3,(H,27,32)(H,29,31)(H,30,33)/b28-13-. The van der Waals surface area contributed by atoms with Crippen LogP contribution in [-0.2, 0) is 20.9 Å². The molecule has 188 valence electrons. The van der Waals surface area contributed by atoms with E-state index in [1.54, 1.807) is 37.3 Å². The zero-order valence-corrected chi connectivity index (χ0v) is 20.4. The molecule has 0 fully saturated rings. The van der Waals surface area contributed by atoms with E-state index >= 15 is 0 Å². The molecule has 0 spiro atoms. The molecule has 10 nitrogen and oxygen atoms in total. The van der Waals surface area contributed by atoms with E-state index in [2.05, 4.69) is 21.2 Å². The molecule has 0 saturated carbocycles. The maximum absolute atomic E-state index is 12.3. The van der Waals surface area contributed by atoms with Crippen LogP contribution >= 0.6 is 11.6 Å². The average molecular weight is 513 g/mol. The van der Waals surface area contributed by atoms with Gasteiger partial charge < -0.3 is 24.5 Å². The predicted molar refractivity (Wildman–Crippen MR) is 134 cm³/mol. The van der Waals surface area contributed by atoms with Gasteiger partial charge in [0.1, 0.15) is 5.76 Å². The quantitative estimate of drug-likeness (QED) is 0.217. The lowest BCUT2D eigenvalue weighted by molar-refractivity contribution is -0.139. The number of halogens is 1. The second kappa shape index (κ2) is 13.0. The van der Waals surface area contributed by atoms with Crippen molar-refractivity contribution in [3.05, 3.63) is 76.7 Å². The van der Waals surface area contributed by atoms with Crippen LogP contribution in [0.25, 0.3) is 0 Å². The first-order valence-corrected chi connectivity index (χ1v) is 11.3. The Kier molecular flexibility index (Phi) is 9.47. The summed E-state index contributed by atoms with van der Waals surface area (Å²) in [6.45, 7) is 3.83. The number of rotatable bonds is 10. The Labute approximate surface area is 212 Å². The van der Waals surface area contributed by atoms with Gasteiger partial charge in [0.15, 0.2) is 18.1 Å². The Bertz CT molecular complexity index is 1230.